The van der Waals surface area contributed by atoms with Crippen molar-refractivity contribution in [2.24, 2.45) is 0 Å². The van der Waals surface area contributed by atoms with Gasteiger partial charge in [0.2, 0.25) is 0 Å². The topological polar surface area (TPSA) is 0 Å². The minimum Gasteiger partial charge on any atom is -0.0683 e. The van der Waals surface area contributed by atoms with E-state index in [-0.39, 0.29) is 0 Å². The molecule has 0 unspecified atom stereocenters. The summed E-state index contributed by atoms with van der Waals surface area (Å²) in [6, 6.07) is 52.7. The van der Waals surface area contributed by atoms with Crippen molar-refractivity contribution in [1.29, 1.82) is 0 Å². The van der Waals surface area contributed by atoms with Crippen LogP contribution in [0.1, 0.15) is 208 Å². The summed E-state index contributed by atoms with van der Waals surface area (Å²) in [6.07, 6.45) is 0. The summed E-state index contributed by atoms with van der Waals surface area (Å²) in [6.45, 7) is 60.0. The summed E-state index contributed by atoms with van der Waals surface area (Å²) in [4.78, 5) is 0. The summed E-state index contributed by atoms with van der Waals surface area (Å²) < 4.78 is 0. The summed E-state index contributed by atoms with van der Waals surface area (Å²) >= 11 is 0. The highest BCUT2D eigenvalue weighted by Crippen LogP contribution is 2.11. The Bertz CT molecular complexity index is 725. The summed E-state index contributed by atoms with van der Waals surface area (Å²) in [5.74, 6) is 0. The van der Waals surface area contributed by atoms with Crippen LogP contribution in [0.15, 0.2) is 158 Å². The van der Waals surface area contributed by atoms with Gasteiger partial charge in [-0.05, 0) is 10.8 Å². The minimum absolute atomic E-state index is 1.31. The maximum Gasteiger partial charge on any atom is -0.0184 e. The fourth-order valence-corrected chi connectivity index (χ4v) is 2.29. The van der Waals surface area contributed by atoms with Crippen LogP contribution in [-0.4, -0.2) is 0 Å². The van der Waals surface area contributed by atoms with Crippen molar-refractivity contribution in [1.82, 2.24) is 0 Å². The van der Waals surface area contributed by atoms with Crippen molar-refractivity contribution < 1.29 is 0 Å². The number of fused-ring (bicyclic) bond motifs is 1. The van der Waals surface area contributed by atoms with Gasteiger partial charge in [-0.2, -0.15) is 0 Å². The SMILES string of the molecule is CC.CC.CC.CC.CC.CC.CC.CC.CC.CC.CC.CC.CC.CC.CC.c1ccc2ccccc2c1.c1ccccc1.c1ccccc1.c1ccccc1. The first-order chi connectivity index (χ1) is 29.0. The third-order valence-electron chi connectivity index (χ3n) is 3.66. The first kappa shape index (κ1) is 95.0. The molecule has 0 radical (unpaired) electrons. The van der Waals surface area contributed by atoms with Crippen LogP contribution in [0.3, 0.4) is 0 Å². The average Bonchev–Trinajstić information content (AvgIpc) is 3.42. The van der Waals surface area contributed by atoms with Crippen LogP contribution in [0, 0.1) is 0 Å². The van der Waals surface area contributed by atoms with Gasteiger partial charge in [-0.1, -0.05) is 365 Å². The van der Waals surface area contributed by atoms with Gasteiger partial charge in [0.1, 0.15) is 0 Å². The van der Waals surface area contributed by atoms with Crippen molar-refractivity contribution >= 4 is 10.8 Å². The highest BCUT2D eigenvalue weighted by atomic mass is 13.9. The van der Waals surface area contributed by atoms with Crippen LogP contribution in [0.2, 0.25) is 0 Å². The van der Waals surface area contributed by atoms with E-state index in [1.54, 1.807) is 0 Å². The molecule has 0 N–H and O–H groups in total. The number of hydrogen-bond acceptors (Lipinski definition) is 0. The van der Waals surface area contributed by atoms with Crippen molar-refractivity contribution in [2.75, 3.05) is 0 Å². The zero-order chi connectivity index (χ0) is 49.5. The summed E-state index contributed by atoms with van der Waals surface area (Å²) in [5.41, 5.74) is 0. The first-order valence-corrected chi connectivity index (χ1v) is 24.4. The van der Waals surface area contributed by atoms with Crippen molar-refractivity contribution in [3.8, 4) is 0 Å². The smallest absolute Gasteiger partial charge is 0.0184 e. The Morgan fingerprint density at radius 1 is 0.121 bits per heavy atom. The molecule has 0 bridgehead atoms. The maximum atomic E-state index is 2.12. The molecule has 0 atom stereocenters. The van der Waals surface area contributed by atoms with Crippen LogP contribution >= 0.6 is 0 Å². The average molecular weight is 814 g/mol. The van der Waals surface area contributed by atoms with Crippen molar-refractivity contribution in [2.45, 2.75) is 208 Å². The Labute approximate surface area is 374 Å². The van der Waals surface area contributed by atoms with Gasteiger partial charge in [-0.25, -0.2) is 0 Å². The van der Waals surface area contributed by atoms with Crippen molar-refractivity contribution in [3.05, 3.63) is 158 Å². The van der Waals surface area contributed by atoms with Crippen LogP contribution in [0.4, 0.5) is 0 Å². The molecule has 0 aliphatic heterocycles. The van der Waals surface area contributed by atoms with Crippen molar-refractivity contribution in [3.63, 3.8) is 0 Å². The highest BCUT2D eigenvalue weighted by molar-refractivity contribution is 5.82. The molecule has 0 amide bonds. The lowest BCUT2D eigenvalue weighted by Gasteiger charge is -1.92. The lowest BCUT2D eigenvalue weighted by Crippen LogP contribution is -1.67. The molecule has 5 aromatic rings. The molecule has 348 valence electrons. The normalized spacial score (nSPS) is 5.76. The second kappa shape index (κ2) is 182. The van der Waals surface area contributed by atoms with Gasteiger partial charge in [-0.3, -0.25) is 0 Å². The van der Waals surface area contributed by atoms with E-state index >= 15 is 0 Å². The summed E-state index contributed by atoms with van der Waals surface area (Å²) in [5, 5.41) is 2.62. The van der Waals surface area contributed by atoms with Crippen LogP contribution in [-0.2, 0) is 0 Å². The third kappa shape index (κ3) is 132. The van der Waals surface area contributed by atoms with Gasteiger partial charge in [0.25, 0.3) is 0 Å². The van der Waals surface area contributed by atoms with Crippen LogP contribution in [0.25, 0.3) is 10.8 Å². The molecule has 0 aliphatic carbocycles. The number of hydrogen-bond donors (Lipinski definition) is 0. The summed E-state index contributed by atoms with van der Waals surface area (Å²) in [7, 11) is 0. The van der Waals surface area contributed by atoms with E-state index in [0.29, 0.717) is 0 Å². The standard InChI is InChI=1S/C10H8.3C6H6.15C2H6/c1-2-6-10-8-4-3-7-9(10)5-1;3*1-2-4-6-5-3-1;15*1-2/h1-8H;3*1-6H;15*1-2H3. The van der Waals surface area contributed by atoms with E-state index in [1.165, 1.54) is 10.8 Å². The van der Waals surface area contributed by atoms with E-state index in [2.05, 4.69) is 48.5 Å². The van der Waals surface area contributed by atoms with E-state index in [0.717, 1.165) is 0 Å². The van der Waals surface area contributed by atoms with Gasteiger partial charge in [0.05, 0.1) is 0 Å². The lowest BCUT2D eigenvalue weighted by atomic mass is 10.1. The van der Waals surface area contributed by atoms with E-state index in [9.17, 15) is 0 Å². The van der Waals surface area contributed by atoms with Gasteiger partial charge < -0.3 is 0 Å². The van der Waals surface area contributed by atoms with Gasteiger partial charge in [0, 0.05) is 0 Å². The molecule has 5 aromatic carbocycles. The minimum atomic E-state index is 1.31. The molecule has 5 rings (SSSR count). The quantitative estimate of drug-likeness (QED) is 0.146. The molecule has 0 spiro atoms. The molecule has 0 heterocycles. The highest BCUT2D eigenvalue weighted by Gasteiger charge is 1.85. The monoisotopic (exact) mass is 813 g/mol. The zero-order valence-corrected chi connectivity index (χ0v) is 46.0. The lowest BCUT2D eigenvalue weighted by molar-refractivity contribution is 1.50. The number of benzene rings is 5. The molecule has 0 aliphatic rings. The number of rotatable bonds is 0. The molecular weight excluding hydrogens is 697 g/mol. The molecule has 0 fully saturated rings. The molecule has 0 saturated heterocycles. The molecule has 0 nitrogen and oxygen atoms in total. The molecular formula is C58H116. The largest absolute Gasteiger partial charge is 0.0683 e. The molecule has 0 saturated carbocycles. The van der Waals surface area contributed by atoms with Gasteiger partial charge >= 0.3 is 0 Å². The third-order valence-corrected chi connectivity index (χ3v) is 3.66. The predicted octanol–water partition coefficient (Wildman–Crippen LogP) is 23.3. The zero-order valence-electron chi connectivity index (χ0n) is 46.0. The Morgan fingerprint density at radius 2 is 0.190 bits per heavy atom. The molecule has 0 heteroatoms. The van der Waals surface area contributed by atoms with E-state index in [4.69, 9.17) is 0 Å². The Morgan fingerprint density at radius 3 is 0.259 bits per heavy atom. The molecule has 58 heavy (non-hydrogen) atoms. The second-order valence-corrected chi connectivity index (χ2v) is 5.81. The second-order valence-electron chi connectivity index (χ2n) is 5.81. The fourth-order valence-electron chi connectivity index (χ4n) is 2.29. The fraction of sp³-hybridized carbons (Fsp3) is 0.517. The van der Waals surface area contributed by atoms with Crippen LogP contribution in [0.5, 0.6) is 0 Å². The first-order valence-electron chi connectivity index (χ1n) is 24.4. The Kier molecular flexibility index (Phi) is 298. The van der Waals surface area contributed by atoms with E-state index in [1.807, 2.05) is 317 Å². The Balaban J connectivity index is -0.0000000309. The maximum absolute atomic E-state index is 2.12. The van der Waals surface area contributed by atoms with Gasteiger partial charge in [-0.15, -0.1) is 0 Å². The van der Waals surface area contributed by atoms with Crippen LogP contribution < -0.4 is 0 Å². The van der Waals surface area contributed by atoms with Gasteiger partial charge in [0.15, 0.2) is 0 Å². The molecule has 0 aromatic heterocycles. The predicted molar refractivity (Wildman–Crippen MR) is 293 cm³/mol. The Hall–Kier alpha value is -3.64. The van der Waals surface area contributed by atoms with E-state index < -0.39 is 0 Å².